The van der Waals surface area contributed by atoms with Gasteiger partial charge in [-0.3, -0.25) is 0 Å². The summed E-state index contributed by atoms with van der Waals surface area (Å²) >= 11 is 0. The molecular formula is C20H26F2N4O2. The van der Waals surface area contributed by atoms with E-state index in [1.165, 1.54) is 12.3 Å². The highest BCUT2D eigenvalue weighted by Gasteiger charge is 2.27. The van der Waals surface area contributed by atoms with Crippen molar-refractivity contribution in [2.45, 2.75) is 19.4 Å². The third-order valence-corrected chi connectivity index (χ3v) is 4.75. The second-order valence-corrected chi connectivity index (χ2v) is 6.99. The number of nitrogens with zero attached hydrogens (tertiary/aromatic N) is 3. The molecule has 1 aliphatic heterocycles. The first kappa shape index (κ1) is 20.1. The van der Waals surface area contributed by atoms with Gasteiger partial charge < -0.3 is 24.6 Å². The maximum absolute atomic E-state index is 14.0. The van der Waals surface area contributed by atoms with Crippen molar-refractivity contribution in [3.05, 3.63) is 54.0 Å². The lowest BCUT2D eigenvalue weighted by Crippen LogP contribution is -2.53. The van der Waals surface area contributed by atoms with Crippen LogP contribution < -0.4 is 10.2 Å². The van der Waals surface area contributed by atoms with Crippen molar-refractivity contribution in [1.82, 2.24) is 10.2 Å². The zero-order valence-electron chi connectivity index (χ0n) is 16.2. The Morgan fingerprint density at radius 1 is 1.25 bits per heavy atom. The number of rotatable bonds is 5. The third-order valence-electron chi connectivity index (χ3n) is 4.75. The molecule has 8 heteroatoms. The molecule has 1 saturated heterocycles. The molecule has 1 aromatic heterocycles. The number of guanidine groups is 1. The van der Waals surface area contributed by atoms with E-state index in [-0.39, 0.29) is 12.2 Å². The molecule has 1 aromatic carbocycles. The van der Waals surface area contributed by atoms with Crippen molar-refractivity contribution in [3.8, 4) is 0 Å². The van der Waals surface area contributed by atoms with Crippen molar-refractivity contribution in [2.75, 3.05) is 44.2 Å². The van der Waals surface area contributed by atoms with Crippen LogP contribution >= 0.6 is 0 Å². The standard InChI is InChI=1S/C20H26F2N4O2/c1-3-23-19(24-14-20(2,27)18-5-4-12-28-18)26-10-8-25(9-11-26)17-13-15(21)6-7-16(17)22/h4-7,12-13,27H,3,8-11,14H2,1-2H3,(H,23,24). The smallest absolute Gasteiger partial charge is 0.194 e. The lowest BCUT2D eigenvalue weighted by atomic mass is 10.0. The Kier molecular flexibility index (Phi) is 6.18. The Hall–Kier alpha value is -2.61. The SMILES string of the molecule is CCNC(=NCC(C)(O)c1ccco1)N1CCN(c2cc(F)ccc2F)CC1. The fourth-order valence-corrected chi connectivity index (χ4v) is 3.20. The minimum Gasteiger partial charge on any atom is -0.466 e. The van der Waals surface area contributed by atoms with Crippen molar-refractivity contribution in [3.63, 3.8) is 0 Å². The molecule has 0 radical (unpaired) electrons. The van der Waals surface area contributed by atoms with E-state index < -0.39 is 17.2 Å². The van der Waals surface area contributed by atoms with Gasteiger partial charge in [-0.15, -0.1) is 0 Å². The Morgan fingerprint density at radius 3 is 2.64 bits per heavy atom. The molecular weight excluding hydrogens is 366 g/mol. The Labute approximate surface area is 163 Å². The lowest BCUT2D eigenvalue weighted by molar-refractivity contribution is 0.0434. The predicted molar refractivity (Wildman–Crippen MR) is 104 cm³/mol. The van der Waals surface area contributed by atoms with Crippen LogP contribution in [-0.2, 0) is 5.60 Å². The van der Waals surface area contributed by atoms with E-state index in [2.05, 4.69) is 15.2 Å². The van der Waals surface area contributed by atoms with Crippen LogP contribution in [0, 0.1) is 11.6 Å². The highest BCUT2D eigenvalue weighted by Crippen LogP contribution is 2.23. The van der Waals surface area contributed by atoms with Crippen LogP contribution in [0.2, 0.25) is 0 Å². The summed E-state index contributed by atoms with van der Waals surface area (Å²) in [7, 11) is 0. The number of benzene rings is 1. The number of piperazine rings is 1. The van der Waals surface area contributed by atoms with E-state index in [1.54, 1.807) is 19.1 Å². The topological polar surface area (TPSA) is 64.2 Å². The average molecular weight is 392 g/mol. The van der Waals surface area contributed by atoms with Crippen molar-refractivity contribution in [1.29, 1.82) is 0 Å². The fourth-order valence-electron chi connectivity index (χ4n) is 3.20. The first-order chi connectivity index (χ1) is 13.4. The molecule has 0 spiro atoms. The molecule has 0 saturated carbocycles. The zero-order chi connectivity index (χ0) is 20.1. The van der Waals surface area contributed by atoms with Gasteiger partial charge in [-0.25, -0.2) is 13.8 Å². The third kappa shape index (κ3) is 4.62. The normalized spacial score (nSPS) is 17.5. The first-order valence-corrected chi connectivity index (χ1v) is 9.40. The summed E-state index contributed by atoms with van der Waals surface area (Å²) in [5, 5.41) is 13.8. The van der Waals surface area contributed by atoms with E-state index in [0.717, 1.165) is 12.1 Å². The van der Waals surface area contributed by atoms with E-state index in [1.807, 2.05) is 11.8 Å². The fraction of sp³-hybridized carbons (Fsp3) is 0.450. The molecule has 1 atom stereocenters. The molecule has 1 unspecified atom stereocenters. The summed E-state index contributed by atoms with van der Waals surface area (Å²) in [6.07, 6.45) is 1.52. The molecule has 28 heavy (non-hydrogen) atoms. The van der Waals surface area contributed by atoms with Gasteiger partial charge in [0.05, 0.1) is 18.5 Å². The van der Waals surface area contributed by atoms with Crippen LogP contribution in [0.5, 0.6) is 0 Å². The summed E-state index contributed by atoms with van der Waals surface area (Å²) in [5.41, 5.74) is -0.932. The summed E-state index contributed by atoms with van der Waals surface area (Å²) in [4.78, 5) is 8.44. The molecule has 6 nitrogen and oxygen atoms in total. The summed E-state index contributed by atoms with van der Waals surface area (Å²) in [6, 6.07) is 6.94. The number of hydrogen-bond acceptors (Lipinski definition) is 4. The molecule has 1 aliphatic rings. The molecule has 0 amide bonds. The van der Waals surface area contributed by atoms with E-state index in [0.29, 0.717) is 44.4 Å². The van der Waals surface area contributed by atoms with E-state index in [4.69, 9.17) is 4.42 Å². The van der Waals surface area contributed by atoms with Crippen LogP contribution in [0.1, 0.15) is 19.6 Å². The van der Waals surface area contributed by atoms with Crippen LogP contribution in [-0.4, -0.2) is 55.2 Å². The largest absolute Gasteiger partial charge is 0.466 e. The highest BCUT2D eigenvalue weighted by atomic mass is 19.1. The zero-order valence-corrected chi connectivity index (χ0v) is 16.2. The quantitative estimate of drug-likeness (QED) is 0.605. The van der Waals surface area contributed by atoms with E-state index >= 15 is 0 Å². The second kappa shape index (κ2) is 8.60. The van der Waals surface area contributed by atoms with Crippen LogP contribution in [0.25, 0.3) is 0 Å². The van der Waals surface area contributed by atoms with E-state index in [9.17, 15) is 13.9 Å². The summed E-state index contributed by atoms with van der Waals surface area (Å²) < 4.78 is 32.8. The molecule has 152 valence electrons. The van der Waals surface area contributed by atoms with Gasteiger partial charge in [-0.05, 0) is 38.1 Å². The van der Waals surface area contributed by atoms with Gasteiger partial charge in [0, 0.05) is 38.8 Å². The highest BCUT2D eigenvalue weighted by molar-refractivity contribution is 5.80. The van der Waals surface area contributed by atoms with Gasteiger partial charge in [0.2, 0.25) is 0 Å². The molecule has 2 aromatic rings. The molecule has 3 rings (SSSR count). The minimum atomic E-state index is -1.21. The average Bonchev–Trinajstić information content (AvgIpc) is 3.23. The maximum Gasteiger partial charge on any atom is 0.194 e. The van der Waals surface area contributed by atoms with Crippen LogP contribution in [0.15, 0.2) is 46.0 Å². The van der Waals surface area contributed by atoms with Gasteiger partial charge in [0.25, 0.3) is 0 Å². The Balaban J connectivity index is 1.66. The number of halogens is 2. The Morgan fingerprint density at radius 2 is 2.00 bits per heavy atom. The summed E-state index contributed by atoms with van der Waals surface area (Å²) in [5.74, 6) is 0.256. The van der Waals surface area contributed by atoms with Crippen LogP contribution in [0.3, 0.4) is 0 Å². The number of aliphatic hydroxyl groups is 1. The van der Waals surface area contributed by atoms with Gasteiger partial charge >= 0.3 is 0 Å². The van der Waals surface area contributed by atoms with Gasteiger partial charge in [-0.2, -0.15) is 0 Å². The van der Waals surface area contributed by atoms with Crippen molar-refractivity contribution in [2.24, 2.45) is 4.99 Å². The molecule has 1 fully saturated rings. The number of furan rings is 1. The number of anilines is 1. The van der Waals surface area contributed by atoms with Crippen molar-refractivity contribution < 1.29 is 18.3 Å². The maximum atomic E-state index is 14.0. The van der Waals surface area contributed by atoms with Crippen molar-refractivity contribution >= 4 is 11.6 Å². The van der Waals surface area contributed by atoms with Gasteiger partial charge in [0.1, 0.15) is 23.0 Å². The molecule has 2 N–H and O–H groups in total. The monoisotopic (exact) mass is 392 g/mol. The lowest BCUT2D eigenvalue weighted by Gasteiger charge is -2.38. The minimum absolute atomic E-state index is 0.140. The molecule has 0 aliphatic carbocycles. The van der Waals surface area contributed by atoms with Gasteiger partial charge in [0.15, 0.2) is 5.96 Å². The van der Waals surface area contributed by atoms with Crippen LogP contribution in [0.4, 0.5) is 14.5 Å². The predicted octanol–water partition coefficient (Wildman–Crippen LogP) is 2.55. The number of nitrogens with one attached hydrogen (secondary N) is 1. The first-order valence-electron chi connectivity index (χ1n) is 9.40. The second-order valence-electron chi connectivity index (χ2n) is 6.99. The number of hydrogen-bond donors (Lipinski definition) is 2. The summed E-state index contributed by atoms with van der Waals surface area (Å²) in [6.45, 7) is 6.73. The number of aliphatic imine (C=N–C) groups is 1. The molecule has 0 bridgehead atoms. The van der Waals surface area contributed by atoms with Gasteiger partial charge in [-0.1, -0.05) is 0 Å². The molecule has 2 heterocycles. The Bertz CT molecular complexity index is 801.